The number of aromatic nitrogens is 2. The van der Waals surface area contributed by atoms with Gasteiger partial charge in [0.1, 0.15) is 0 Å². The average Bonchev–Trinajstić information content (AvgIpc) is 2.88. The Morgan fingerprint density at radius 2 is 2.12 bits per heavy atom. The first-order valence-corrected chi connectivity index (χ1v) is 7.95. The van der Waals surface area contributed by atoms with E-state index in [0.717, 1.165) is 30.4 Å². The lowest BCUT2D eigenvalue weighted by Crippen LogP contribution is -2.42. The molecule has 0 unspecified atom stereocenters. The molecular formula is C15H23F3N4O2. The van der Waals surface area contributed by atoms with Crippen molar-refractivity contribution in [2.24, 2.45) is 13.0 Å². The summed E-state index contributed by atoms with van der Waals surface area (Å²) < 4.78 is 39.7. The van der Waals surface area contributed by atoms with Crippen LogP contribution in [0.2, 0.25) is 0 Å². The molecule has 0 bridgehead atoms. The predicted molar refractivity (Wildman–Crippen MR) is 81.0 cm³/mol. The first kappa shape index (κ1) is 18.6. The highest BCUT2D eigenvalue weighted by Crippen LogP contribution is 2.30. The van der Waals surface area contributed by atoms with Gasteiger partial charge in [-0.1, -0.05) is 12.8 Å². The molecule has 1 saturated carbocycles. The number of nitrogens with one attached hydrogen (secondary N) is 1. The van der Waals surface area contributed by atoms with Gasteiger partial charge >= 0.3 is 12.2 Å². The van der Waals surface area contributed by atoms with Crippen LogP contribution in [0.25, 0.3) is 0 Å². The molecule has 9 heteroatoms. The molecule has 6 nitrogen and oxygen atoms in total. The van der Waals surface area contributed by atoms with Crippen LogP contribution in [0.3, 0.4) is 0 Å². The highest BCUT2D eigenvalue weighted by Gasteiger charge is 2.37. The van der Waals surface area contributed by atoms with E-state index < -0.39 is 24.0 Å². The number of carbonyl (C=O) groups is 1. The van der Waals surface area contributed by atoms with E-state index in [9.17, 15) is 23.1 Å². The summed E-state index contributed by atoms with van der Waals surface area (Å²) >= 11 is 0. The minimum Gasteiger partial charge on any atom is -0.393 e. The molecule has 0 radical (unpaired) electrons. The number of amides is 2. The number of hydrogen-bond donors (Lipinski definition) is 2. The SMILES string of the molecule is CN(C[C@H]1CCCC[C@@H]1O)C(=O)NCc1cn(C)nc1C(F)(F)F. The number of hydrogen-bond acceptors (Lipinski definition) is 3. The molecule has 2 atom stereocenters. The van der Waals surface area contributed by atoms with Crippen molar-refractivity contribution in [1.82, 2.24) is 20.0 Å². The Balaban J connectivity index is 1.91. The zero-order valence-electron chi connectivity index (χ0n) is 13.8. The smallest absolute Gasteiger partial charge is 0.393 e. The fourth-order valence-electron chi connectivity index (χ4n) is 3.05. The van der Waals surface area contributed by atoms with E-state index in [1.807, 2.05) is 0 Å². The van der Waals surface area contributed by atoms with Crippen molar-refractivity contribution in [2.45, 2.75) is 44.5 Å². The van der Waals surface area contributed by atoms with Gasteiger partial charge in [0.15, 0.2) is 5.69 Å². The zero-order chi connectivity index (χ0) is 17.9. The van der Waals surface area contributed by atoms with Crippen LogP contribution >= 0.6 is 0 Å². The van der Waals surface area contributed by atoms with Crippen LogP contribution in [0, 0.1) is 5.92 Å². The standard InChI is InChI=1S/C15H23F3N4O2/c1-21(8-10-5-3-4-6-12(10)23)14(24)19-7-11-9-22(2)20-13(11)15(16,17)18/h9-10,12,23H,3-8H2,1-2H3,(H,19,24)/t10-,12+/m1/s1. The molecule has 1 heterocycles. The number of aliphatic hydroxyl groups excluding tert-OH is 1. The predicted octanol–water partition coefficient (Wildman–Crippen LogP) is 2.13. The summed E-state index contributed by atoms with van der Waals surface area (Å²) in [6.45, 7) is 0.130. The van der Waals surface area contributed by atoms with Gasteiger partial charge in [-0.2, -0.15) is 18.3 Å². The number of aryl methyl sites for hydroxylation is 1. The number of urea groups is 1. The maximum atomic E-state index is 12.9. The second-order valence-corrected chi connectivity index (χ2v) is 6.33. The van der Waals surface area contributed by atoms with E-state index in [2.05, 4.69) is 10.4 Å². The first-order chi connectivity index (χ1) is 11.2. The summed E-state index contributed by atoms with van der Waals surface area (Å²) in [5.41, 5.74) is -1.07. The van der Waals surface area contributed by atoms with Crippen LogP contribution in [0.5, 0.6) is 0 Å². The number of aliphatic hydroxyl groups is 1. The van der Waals surface area contributed by atoms with Crippen molar-refractivity contribution < 1.29 is 23.1 Å². The third-order valence-corrected chi connectivity index (χ3v) is 4.33. The molecular weight excluding hydrogens is 325 g/mol. The Kier molecular flexibility index (Phi) is 5.74. The van der Waals surface area contributed by atoms with Crippen molar-refractivity contribution in [3.05, 3.63) is 17.5 Å². The second-order valence-electron chi connectivity index (χ2n) is 6.33. The summed E-state index contributed by atoms with van der Waals surface area (Å²) in [6.07, 6.45) is -0.168. The molecule has 1 aromatic rings. The average molecular weight is 348 g/mol. The normalized spacial score (nSPS) is 21.6. The Morgan fingerprint density at radius 1 is 1.46 bits per heavy atom. The van der Waals surface area contributed by atoms with Crippen molar-refractivity contribution in [1.29, 1.82) is 0 Å². The topological polar surface area (TPSA) is 70.4 Å². The summed E-state index contributed by atoms with van der Waals surface area (Å²) in [5, 5.41) is 15.8. The molecule has 1 aromatic heterocycles. The Hall–Kier alpha value is -1.77. The Bertz CT molecular complexity index is 574. The Morgan fingerprint density at radius 3 is 2.75 bits per heavy atom. The third-order valence-electron chi connectivity index (χ3n) is 4.33. The lowest BCUT2D eigenvalue weighted by atomic mass is 9.86. The fraction of sp³-hybridized carbons (Fsp3) is 0.733. The molecule has 136 valence electrons. The maximum Gasteiger partial charge on any atom is 0.435 e. The molecule has 1 fully saturated rings. The third kappa shape index (κ3) is 4.62. The van der Waals surface area contributed by atoms with Crippen molar-refractivity contribution in [2.75, 3.05) is 13.6 Å². The monoisotopic (exact) mass is 348 g/mol. The van der Waals surface area contributed by atoms with Gasteiger partial charge in [-0.05, 0) is 12.8 Å². The molecule has 2 rings (SSSR count). The highest BCUT2D eigenvalue weighted by atomic mass is 19.4. The number of alkyl halides is 3. The van der Waals surface area contributed by atoms with Gasteiger partial charge < -0.3 is 15.3 Å². The van der Waals surface area contributed by atoms with Gasteiger partial charge in [-0.15, -0.1) is 0 Å². The van der Waals surface area contributed by atoms with E-state index in [1.165, 1.54) is 18.1 Å². The maximum absolute atomic E-state index is 12.9. The number of carbonyl (C=O) groups excluding carboxylic acids is 1. The van der Waals surface area contributed by atoms with Gasteiger partial charge in [0.05, 0.1) is 6.10 Å². The quantitative estimate of drug-likeness (QED) is 0.876. The van der Waals surface area contributed by atoms with E-state index in [4.69, 9.17) is 0 Å². The molecule has 0 saturated heterocycles. The largest absolute Gasteiger partial charge is 0.435 e. The van der Waals surface area contributed by atoms with Crippen LogP contribution in [0.15, 0.2) is 6.20 Å². The van der Waals surface area contributed by atoms with Gasteiger partial charge in [-0.25, -0.2) is 4.79 Å². The van der Waals surface area contributed by atoms with Gasteiger partial charge in [0.25, 0.3) is 0 Å². The van der Waals surface area contributed by atoms with E-state index in [0.29, 0.717) is 6.54 Å². The summed E-state index contributed by atoms with van der Waals surface area (Å²) in [5.74, 6) is 0.0126. The van der Waals surface area contributed by atoms with Gasteiger partial charge in [0, 0.05) is 44.9 Å². The molecule has 1 aliphatic rings. The molecule has 2 amide bonds. The van der Waals surface area contributed by atoms with Crippen LogP contribution < -0.4 is 5.32 Å². The van der Waals surface area contributed by atoms with Crippen LogP contribution in [0.4, 0.5) is 18.0 Å². The molecule has 0 aromatic carbocycles. The lowest BCUT2D eigenvalue weighted by Gasteiger charge is -2.31. The summed E-state index contributed by atoms with van der Waals surface area (Å²) in [6, 6.07) is -0.468. The summed E-state index contributed by atoms with van der Waals surface area (Å²) in [4.78, 5) is 13.5. The van der Waals surface area contributed by atoms with Crippen molar-refractivity contribution in [3.63, 3.8) is 0 Å². The van der Waals surface area contributed by atoms with Crippen molar-refractivity contribution >= 4 is 6.03 Å². The fourth-order valence-corrected chi connectivity index (χ4v) is 3.05. The van der Waals surface area contributed by atoms with Crippen LogP contribution in [-0.2, 0) is 19.8 Å². The van der Waals surface area contributed by atoms with E-state index in [-0.39, 0.29) is 18.0 Å². The highest BCUT2D eigenvalue weighted by molar-refractivity contribution is 5.73. The molecule has 1 aliphatic carbocycles. The number of nitrogens with zero attached hydrogens (tertiary/aromatic N) is 3. The summed E-state index contributed by atoms with van der Waals surface area (Å²) in [7, 11) is 2.97. The number of halogens is 3. The van der Waals surface area contributed by atoms with Crippen LogP contribution in [0.1, 0.15) is 36.9 Å². The second kappa shape index (κ2) is 7.42. The molecule has 0 spiro atoms. The Labute approximate surface area is 138 Å². The van der Waals surface area contributed by atoms with Crippen LogP contribution in [-0.4, -0.2) is 45.5 Å². The van der Waals surface area contributed by atoms with E-state index >= 15 is 0 Å². The minimum atomic E-state index is -4.56. The molecule has 2 N–H and O–H groups in total. The molecule has 24 heavy (non-hydrogen) atoms. The minimum absolute atomic E-state index is 0.0126. The van der Waals surface area contributed by atoms with Gasteiger partial charge in [0.2, 0.25) is 0 Å². The first-order valence-electron chi connectivity index (χ1n) is 7.95. The van der Waals surface area contributed by atoms with Gasteiger partial charge in [-0.3, -0.25) is 4.68 Å². The van der Waals surface area contributed by atoms with E-state index in [1.54, 1.807) is 7.05 Å². The molecule has 0 aliphatic heterocycles. The number of rotatable bonds is 4. The lowest BCUT2D eigenvalue weighted by molar-refractivity contribution is -0.142. The van der Waals surface area contributed by atoms with Crippen molar-refractivity contribution in [3.8, 4) is 0 Å². The zero-order valence-corrected chi connectivity index (χ0v) is 13.8.